The van der Waals surface area contributed by atoms with Crippen molar-refractivity contribution in [3.8, 4) is 11.1 Å². The molecular formula is C28H19NS. The van der Waals surface area contributed by atoms with Gasteiger partial charge in [-0.25, -0.2) is 4.98 Å². The van der Waals surface area contributed by atoms with Crippen molar-refractivity contribution >= 4 is 59.3 Å². The number of benzene rings is 4. The Morgan fingerprint density at radius 2 is 1.47 bits per heavy atom. The first-order chi connectivity index (χ1) is 14.7. The fourth-order valence-corrected chi connectivity index (χ4v) is 5.63. The third-order valence-corrected chi connectivity index (χ3v) is 7.20. The molecule has 0 radical (unpaired) electrons. The Morgan fingerprint density at radius 3 is 2.30 bits per heavy atom. The van der Waals surface area contributed by atoms with Gasteiger partial charge in [0, 0.05) is 27.2 Å². The van der Waals surface area contributed by atoms with E-state index in [0.29, 0.717) is 0 Å². The average molecular weight is 402 g/mol. The second kappa shape index (κ2) is 6.51. The van der Waals surface area contributed by atoms with Gasteiger partial charge < -0.3 is 0 Å². The van der Waals surface area contributed by atoms with Crippen LogP contribution in [0.15, 0.2) is 85.6 Å². The molecule has 30 heavy (non-hydrogen) atoms. The van der Waals surface area contributed by atoms with E-state index in [-0.39, 0.29) is 0 Å². The molecule has 2 heterocycles. The van der Waals surface area contributed by atoms with Crippen molar-refractivity contribution in [2.24, 2.45) is 0 Å². The van der Waals surface area contributed by atoms with Crippen LogP contribution >= 0.6 is 11.3 Å². The maximum atomic E-state index is 4.79. The van der Waals surface area contributed by atoms with Crippen molar-refractivity contribution < 1.29 is 0 Å². The van der Waals surface area contributed by atoms with Crippen LogP contribution < -0.4 is 0 Å². The number of nitrogens with zero attached hydrogens (tertiary/aromatic N) is 1. The molecule has 2 aromatic heterocycles. The molecule has 142 valence electrons. The van der Waals surface area contributed by atoms with E-state index in [2.05, 4.69) is 86.3 Å². The van der Waals surface area contributed by atoms with Gasteiger partial charge in [0.25, 0.3) is 0 Å². The highest BCUT2D eigenvalue weighted by atomic mass is 32.1. The van der Waals surface area contributed by atoms with Crippen molar-refractivity contribution in [2.45, 2.75) is 6.92 Å². The van der Waals surface area contributed by atoms with E-state index in [1.165, 1.54) is 53.7 Å². The molecule has 0 atom stereocenters. The summed E-state index contributed by atoms with van der Waals surface area (Å²) in [6.07, 6.45) is 3.98. The highest BCUT2D eigenvalue weighted by molar-refractivity contribution is 7.25. The fourth-order valence-electron chi connectivity index (χ4n) is 4.60. The maximum absolute atomic E-state index is 4.79. The molecule has 0 unspecified atom stereocenters. The lowest BCUT2D eigenvalue weighted by Crippen LogP contribution is -1.89. The Balaban J connectivity index is 1.64. The van der Waals surface area contributed by atoms with Crippen molar-refractivity contribution in [2.75, 3.05) is 0 Å². The Labute approximate surface area is 178 Å². The first-order valence-electron chi connectivity index (χ1n) is 10.1. The number of hydrogen-bond donors (Lipinski definition) is 0. The van der Waals surface area contributed by atoms with E-state index in [4.69, 9.17) is 4.98 Å². The van der Waals surface area contributed by atoms with Gasteiger partial charge in [0.2, 0.25) is 0 Å². The number of fused-ring (bicyclic) bond motifs is 6. The molecule has 0 amide bonds. The van der Waals surface area contributed by atoms with E-state index in [9.17, 15) is 0 Å². The molecule has 0 bridgehead atoms. The molecule has 6 rings (SSSR count). The van der Waals surface area contributed by atoms with Crippen LogP contribution in [0.25, 0.3) is 59.1 Å². The summed E-state index contributed by atoms with van der Waals surface area (Å²) < 4.78 is 1.29. The molecule has 0 aliphatic heterocycles. The normalized spacial score (nSPS) is 11.6. The summed E-state index contributed by atoms with van der Waals surface area (Å²) in [6.45, 7) is 6.25. The quantitative estimate of drug-likeness (QED) is 0.266. The highest BCUT2D eigenvalue weighted by Crippen LogP contribution is 2.38. The van der Waals surface area contributed by atoms with Crippen molar-refractivity contribution in [1.82, 2.24) is 4.98 Å². The van der Waals surface area contributed by atoms with Gasteiger partial charge in [0.1, 0.15) is 4.83 Å². The first kappa shape index (κ1) is 17.4. The van der Waals surface area contributed by atoms with Gasteiger partial charge in [0.15, 0.2) is 0 Å². The zero-order valence-electron chi connectivity index (χ0n) is 16.6. The summed E-state index contributed by atoms with van der Waals surface area (Å²) in [5, 5.41) is 7.60. The molecule has 0 saturated heterocycles. The Bertz CT molecular complexity index is 1620. The Morgan fingerprint density at radius 1 is 0.733 bits per heavy atom. The van der Waals surface area contributed by atoms with E-state index in [1.807, 2.05) is 12.3 Å². The Hall–Kier alpha value is -3.49. The first-order valence-corrected chi connectivity index (χ1v) is 10.9. The molecule has 0 saturated carbocycles. The van der Waals surface area contributed by atoms with Crippen LogP contribution in [0.2, 0.25) is 0 Å². The lowest BCUT2D eigenvalue weighted by atomic mass is 9.90. The molecule has 0 aliphatic rings. The fraction of sp³-hybridized carbons (Fsp3) is 0.0357. The largest absolute Gasteiger partial charge is 0.245 e. The number of aromatic nitrogens is 1. The molecular weight excluding hydrogens is 382 g/mol. The highest BCUT2D eigenvalue weighted by Gasteiger charge is 2.12. The van der Waals surface area contributed by atoms with Gasteiger partial charge >= 0.3 is 0 Å². The molecule has 0 aliphatic carbocycles. The molecule has 0 fully saturated rings. The molecule has 6 aromatic rings. The Kier molecular flexibility index (Phi) is 3.77. The van der Waals surface area contributed by atoms with Crippen LogP contribution in [0.1, 0.15) is 11.1 Å². The van der Waals surface area contributed by atoms with Gasteiger partial charge in [-0.15, -0.1) is 11.3 Å². The smallest absolute Gasteiger partial charge is 0.124 e. The summed E-state index contributed by atoms with van der Waals surface area (Å²) in [5.74, 6) is 0. The van der Waals surface area contributed by atoms with Gasteiger partial charge in [-0.1, -0.05) is 67.3 Å². The predicted molar refractivity (Wildman–Crippen MR) is 132 cm³/mol. The molecule has 0 spiro atoms. The van der Waals surface area contributed by atoms with E-state index < -0.39 is 0 Å². The van der Waals surface area contributed by atoms with Crippen LogP contribution in [0.3, 0.4) is 0 Å². The lowest BCUT2D eigenvalue weighted by Gasteiger charge is -2.14. The summed E-state index contributed by atoms with van der Waals surface area (Å²) in [4.78, 5) is 5.88. The van der Waals surface area contributed by atoms with Crippen molar-refractivity contribution in [3.05, 3.63) is 96.7 Å². The van der Waals surface area contributed by atoms with Crippen molar-refractivity contribution in [1.29, 1.82) is 0 Å². The van der Waals surface area contributed by atoms with Crippen LogP contribution in [-0.4, -0.2) is 4.98 Å². The van der Waals surface area contributed by atoms with E-state index in [0.717, 1.165) is 10.4 Å². The summed E-state index contributed by atoms with van der Waals surface area (Å²) in [5.41, 5.74) is 4.85. The van der Waals surface area contributed by atoms with Gasteiger partial charge in [-0.2, -0.15) is 0 Å². The molecule has 4 aromatic carbocycles. The second-order valence-electron chi connectivity index (χ2n) is 7.72. The van der Waals surface area contributed by atoms with E-state index >= 15 is 0 Å². The van der Waals surface area contributed by atoms with Gasteiger partial charge in [0.05, 0.1) is 0 Å². The zero-order chi connectivity index (χ0) is 20.2. The summed E-state index contributed by atoms with van der Waals surface area (Å²) in [6, 6.07) is 26.2. The minimum atomic E-state index is 1.10. The van der Waals surface area contributed by atoms with Gasteiger partial charge in [-0.3, -0.25) is 0 Å². The number of pyridine rings is 1. The minimum Gasteiger partial charge on any atom is -0.245 e. The van der Waals surface area contributed by atoms with Gasteiger partial charge in [-0.05, 0) is 63.4 Å². The number of hydrogen-bond acceptors (Lipinski definition) is 2. The summed E-state index contributed by atoms with van der Waals surface area (Å²) in [7, 11) is 0. The number of aryl methyl sites for hydroxylation is 1. The topological polar surface area (TPSA) is 12.9 Å². The summed E-state index contributed by atoms with van der Waals surface area (Å²) >= 11 is 1.76. The molecule has 1 nitrogen and oxygen atoms in total. The number of rotatable bonds is 2. The maximum Gasteiger partial charge on any atom is 0.124 e. The monoisotopic (exact) mass is 401 g/mol. The molecule has 0 N–H and O–H groups in total. The van der Waals surface area contributed by atoms with Crippen molar-refractivity contribution in [3.63, 3.8) is 0 Å². The zero-order valence-corrected chi connectivity index (χ0v) is 17.5. The second-order valence-corrected chi connectivity index (χ2v) is 8.75. The van der Waals surface area contributed by atoms with E-state index in [1.54, 1.807) is 11.3 Å². The minimum absolute atomic E-state index is 1.10. The number of thiophene rings is 1. The third kappa shape index (κ3) is 2.44. The van der Waals surface area contributed by atoms with Crippen LogP contribution in [-0.2, 0) is 0 Å². The predicted octanol–water partition coefficient (Wildman–Crippen LogP) is 8.37. The van der Waals surface area contributed by atoms with Crippen LogP contribution in [0, 0.1) is 6.92 Å². The lowest BCUT2D eigenvalue weighted by molar-refractivity contribution is 1.44. The third-order valence-electron chi connectivity index (χ3n) is 6.11. The average Bonchev–Trinajstić information content (AvgIpc) is 3.17. The SMILES string of the molecule is C=Cc1c(C)c2ccc(-c3cnc4sc5ccccc5c4c3)cc2c2ccccc12. The molecule has 2 heteroatoms. The van der Waals surface area contributed by atoms with Crippen LogP contribution in [0.4, 0.5) is 0 Å². The standard InChI is InChI=1S/C28H19NS/c1-3-20-17(2)21-13-12-18(14-25(21)23-9-5-4-8-22(20)23)19-15-26-24-10-6-7-11-27(24)30-28(26)29-16-19/h3-16H,1H2,2H3. The van der Waals surface area contributed by atoms with Crippen LogP contribution in [0.5, 0.6) is 0 Å².